The Morgan fingerprint density at radius 2 is 1.82 bits per heavy atom. The summed E-state index contributed by atoms with van der Waals surface area (Å²) in [6.45, 7) is 1.78. The van der Waals surface area contributed by atoms with Gasteiger partial charge in [-0.1, -0.05) is 24.3 Å². The Hall–Kier alpha value is -1.35. The molecule has 0 aliphatic heterocycles. The van der Waals surface area contributed by atoms with Crippen LogP contribution >= 0.6 is 0 Å². The van der Waals surface area contributed by atoms with Gasteiger partial charge in [-0.25, -0.2) is 0 Å². The first kappa shape index (κ1) is 13.7. The lowest BCUT2D eigenvalue weighted by Crippen LogP contribution is -2.04. The molecular formula is C14H20O3. The molecule has 0 saturated carbocycles. The van der Waals surface area contributed by atoms with E-state index in [-0.39, 0.29) is 12.5 Å². The number of hydrogen-bond donors (Lipinski definition) is 2. The minimum absolute atomic E-state index is 0.213. The number of carboxylic acids is 1. The molecule has 1 rings (SSSR count). The first-order valence-electron chi connectivity index (χ1n) is 6.06. The number of carboxylic acid groups (broad SMARTS) is 1. The van der Waals surface area contributed by atoms with Crippen molar-refractivity contribution in [1.29, 1.82) is 0 Å². The molecule has 0 spiro atoms. The Morgan fingerprint density at radius 3 is 2.35 bits per heavy atom. The quantitative estimate of drug-likeness (QED) is 0.764. The van der Waals surface area contributed by atoms with Crippen LogP contribution in [0, 0.1) is 0 Å². The van der Waals surface area contributed by atoms with Crippen molar-refractivity contribution in [3.8, 4) is 0 Å². The highest BCUT2D eigenvalue weighted by molar-refractivity contribution is 5.66. The van der Waals surface area contributed by atoms with Crippen molar-refractivity contribution < 1.29 is 15.0 Å². The number of aliphatic hydroxyl groups excluding tert-OH is 1. The summed E-state index contributed by atoms with van der Waals surface area (Å²) in [6.07, 6.45) is 2.98. The van der Waals surface area contributed by atoms with Gasteiger partial charge in [0.2, 0.25) is 0 Å². The van der Waals surface area contributed by atoms with E-state index in [1.54, 1.807) is 6.92 Å². The number of rotatable bonds is 7. The number of aryl methyl sites for hydroxylation is 2. The lowest BCUT2D eigenvalue weighted by molar-refractivity contribution is -0.137. The van der Waals surface area contributed by atoms with Gasteiger partial charge in [0.25, 0.3) is 0 Å². The molecular weight excluding hydrogens is 216 g/mol. The molecule has 0 aliphatic rings. The van der Waals surface area contributed by atoms with Gasteiger partial charge >= 0.3 is 5.97 Å². The van der Waals surface area contributed by atoms with E-state index < -0.39 is 5.97 Å². The van der Waals surface area contributed by atoms with Crippen LogP contribution in [0.2, 0.25) is 0 Å². The maximum Gasteiger partial charge on any atom is 0.303 e. The number of hydrogen-bond acceptors (Lipinski definition) is 2. The minimum atomic E-state index is -0.744. The summed E-state index contributed by atoms with van der Waals surface area (Å²) in [5.74, 6) is -0.744. The monoisotopic (exact) mass is 236 g/mol. The molecule has 1 unspecified atom stereocenters. The van der Waals surface area contributed by atoms with Crippen LogP contribution in [0.5, 0.6) is 0 Å². The van der Waals surface area contributed by atoms with Gasteiger partial charge in [-0.05, 0) is 43.7 Å². The molecule has 94 valence electrons. The second-order valence-electron chi connectivity index (χ2n) is 4.40. The van der Waals surface area contributed by atoms with Crippen molar-refractivity contribution >= 4 is 5.97 Å². The fourth-order valence-corrected chi connectivity index (χ4v) is 1.84. The van der Waals surface area contributed by atoms with E-state index in [0.717, 1.165) is 19.3 Å². The predicted molar refractivity (Wildman–Crippen MR) is 67.0 cm³/mol. The molecule has 1 aromatic carbocycles. The zero-order valence-corrected chi connectivity index (χ0v) is 10.2. The molecule has 0 saturated heterocycles. The highest BCUT2D eigenvalue weighted by atomic mass is 16.4. The van der Waals surface area contributed by atoms with Gasteiger partial charge in [0, 0.05) is 6.42 Å². The Bertz CT molecular complexity index is 358. The topological polar surface area (TPSA) is 57.5 Å². The zero-order chi connectivity index (χ0) is 12.7. The van der Waals surface area contributed by atoms with Crippen LogP contribution in [0.3, 0.4) is 0 Å². The Kier molecular flexibility index (Phi) is 5.70. The van der Waals surface area contributed by atoms with Crippen LogP contribution in [0.15, 0.2) is 24.3 Å². The largest absolute Gasteiger partial charge is 0.481 e. The molecule has 0 fully saturated rings. The summed E-state index contributed by atoms with van der Waals surface area (Å²) >= 11 is 0. The van der Waals surface area contributed by atoms with Crippen LogP contribution in [0.25, 0.3) is 0 Å². The molecule has 3 heteroatoms. The summed E-state index contributed by atoms with van der Waals surface area (Å²) < 4.78 is 0. The van der Waals surface area contributed by atoms with Crippen molar-refractivity contribution in [2.45, 2.75) is 45.1 Å². The summed E-state index contributed by atoms with van der Waals surface area (Å²) in [5.41, 5.74) is 2.42. The van der Waals surface area contributed by atoms with Crippen LogP contribution < -0.4 is 0 Å². The van der Waals surface area contributed by atoms with E-state index in [2.05, 4.69) is 6.07 Å². The van der Waals surface area contributed by atoms with Crippen molar-refractivity contribution in [3.63, 3.8) is 0 Å². The lowest BCUT2D eigenvalue weighted by atomic mass is 9.97. The smallest absolute Gasteiger partial charge is 0.303 e. The maximum absolute atomic E-state index is 10.5. The number of aliphatic hydroxyl groups is 1. The predicted octanol–water partition coefficient (Wildman–Crippen LogP) is 2.41. The van der Waals surface area contributed by atoms with E-state index in [1.807, 2.05) is 18.2 Å². The van der Waals surface area contributed by atoms with Crippen LogP contribution in [0.1, 0.15) is 37.3 Å². The first-order valence-corrected chi connectivity index (χ1v) is 6.06. The second kappa shape index (κ2) is 7.07. The summed E-state index contributed by atoms with van der Waals surface area (Å²) in [5, 5.41) is 17.9. The number of aliphatic carboxylic acids is 1. The van der Waals surface area contributed by atoms with Crippen molar-refractivity contribution in [3.05, 3.63) is 35.4 Å². The van der Waals surface area contributed by atoms with Gasteiger partial charge in [-0.3, -0.25) is 4.79 Å². The third kappa shape index (κ3) is 5.50. The van der Waals surface area contributed by atoms with Gasteiger partial charge < -0.3 is 10.2 Å². The van der Waals surface area contributed by atoms with Crippen LogP contribution in [-0.4, -0.2) is 22.3 Å². The highest BCUT2D eigenvalue weighted by Crippen LogP contribution is 2.14. The molecule has 3 nitrogen and oxygen atoms in total. The third-order valence-electron chi connectivity index (χ3n) is 2.79. The van der Waals surface area contributed by atoms with E-state index in [0.29, 0.717) is 6.42 Å². The summed E-state index contributed by atoms with van der Waals surface area (Å²) in [6, 6.07) is 8.05. The Balaban J connectivity index is 2.54. The third-order valence-corrected chi connectivity index (χ3v) is 2.79. The van der Waals surface area contributed by atoms with Crippen molar-refractivity contribution in [2.75, 3.05) is 0 Å². The van der Waals surface area contributed by atoms with E-state index in [4.69, 9.17) is 5.11 Å². The summed E-state index contributed by atoms with van der Waals surface area (Å²) in [4.78, 5) is 10.5. The fraction of sp³-hybridized carbons (Fsp3) is 0.500. The molecule has 1 aromatic rings. The molecule has 1 atom stereocenters. The molecule has 17 heavy (non-hydrogen) atoms. The van der Waals surface area contributed by atoms with Gasteiger partial charge in [0.1, 0.15) is 0 Å². The molecule has 0 aliphatic carbocycles. The minimum Gasteiger partial charge on any atom is -0.481 e. The second-order valence-corrected chi connectivity index (χ2v) is 4.40. The number of carbonyl (C=O) groups is 1. The van der Waals surface area contributed by atoms with E-state index in [1.165, 1.54) is 11.1 Å². The molecule has 2 N–H and O–H groups in total. The summed E-state index contributed by atoms with van der Waals surface area (Å²) in [7, 11) is 0. The number of benzene rings is 1. The van der Waals surface area contributed by atoms with Crippen molar-refractivity contribution in [1.82, 2.24) is 0 Å². The Labute approximate surface area is 102 Å². The molecule has 0 aromatic heterocycles. The normalized spacial score (nSPS) is 12.4. The molecule has 0 bridgehead atoms. The van der Waals surface area contributed by atoms with Crippen LogP contribution in [-0.2, 0) is 17.6 Å². The standard InChI is InChI=1S/C14H20O3/c1-11(15)9-10-13-6-3-2-5-12(13)7-4-8-14(16)17/h2-3,5-6,11,15H,4,7-10H2,1H3,(H,16,17). The molecule has 0 amide bonds. The van der Waals surface area contributed by atoms with E-state index >= 15 is 0 Å². The molecule has 0 heterocycles. The molecule has 0 radical (unpaired) electrons. The average molecular weight is 236 g/mol. The maximum atomic E-state index is 10.5. The first-order chi connectivity index (χ1) is 8.09. The van der Waals surface area contributed by atoms with Gasteiger partial charge in [-0.2, -0.15) is 0 Å². The fourth-order valence-electron chi connectivity index (χ4n) is 1.84. The lowest BCUT2D eigenvalue weighted by Gasteiger charge is -2.10. The van der Waals surface area contributed by atoms with E-state index in [9.17, 15) is 9.90 Å². The highest BCUT2D eigenvalue weighted by Gasteiger charge is 2.05. The average Bonchev–Trinajstić information content (AvgIpc) is 2.27. The Morgan fingerprint density at radius 1 is 1.24 bits per heavy atom. The van der Waals surface area contributed by atoms with Crippen LogP contribution in [0.4, 0.5) is 0 Å². The van der Waals surface area contributed by atoms with Gasteiger partial charge in [0.05, 0.1) is 6.10 Å². The SMILES string of the molecule is CC(O)CCc1ccccc1CCCC(=O)O. The van der Waals surface area contributed by atoms with Crippen molar-refractivity contribution in [2.24, 2.45) is 0 Å². The van der Waals surface area contributed by atoms with Gasteiger partial charge in [0.15, 0.2) is 0 Å². The zero-order valence-electron chi connectivity index (χ0n) is 10.2. The van der Waals surface area contributed by atoms with Gasteiger partial charge in [-0.15, -0.1) is 0 Å².